The summed E-state index contributed by atoms with van der Waals surface area (Å²) in [5.41, 5.74) is 10.5. The van der Waals surface area contributed by atoms with E-state index in [0.717, 1.165) is 44.7 Å². The summed E-state index contributed by atoms with van der Waals surface area (Å²) in [6.07, 6.45) is 11.9. The Balaban J connectivity index is 0.000000216. The van der Waals surface area contributed by atoms with E-state index < -0.39 is 35.7 Å². The third-order valence-corrected chi connectivity index (χ3v) is 13.0. The van der Waals surface area contributed by atoms with Gasteiger partial charge >= 0.3 is 23.9 Å². The smallest absolute Gasteiger partial charge is 0.337 e. The fourth-order valence-electron chi connectivity index (χ4n) is 7.92. The number of carboxylic acid groups (broad SMARTS) is 4. The van der Waals surface area contributed by atoms with Crippen molar-refractivity contribution in [2.75, 3.05) is 28.4 Å². The lowest BCUT2D eigenvalue weighted by molar-refractivity contribution is -0.112. The molecule has 4 amide bonds. The summed E-state index contributed by atoms with van der Waals surface area (Å²) >= 11 is 0. The van der Waals surface area contributed by atoms with E-state index in [2.05, 4.69) is 21.3 Å². The van der Waals surface area contributed by atoms with Crippen molar-refractivity contribution in [3.05, 3.63) is 278 Å². The summed E-state index contributed by atoms with van der Waals surface area (Å²) in [7, 11) is 1.60. The van der Waals surface area contributed by atoms with Gasteiger partial charge in [-0.3, -0.25) is 19.2 Å². The number of hydrogen-bond acceptors (Lipinski definition) is 9. The van der Waals surface area contributed by atoms with E-state index in [4.69, 9.17) is 25.2 Å². The Bertz CT molecular complexity index is 3910. The van der Waals surface area contributed by atoms with Gasteiger partial charge in [-0.2, -0.15) is 0 Å². The van der Waals surface area contributed by atoms with Gasteiger partial charge in [-0.25, -0.2) is 23.6 Å². The highest BCUT2D eigenvalue weighted by atomic mass is 19.1. The maximum absolute atomic E-state index is 13.4. The first-order valence-corrected chi connectivity index (χ1v) is 27.2. The minimum atomic E-state index is -1.12. The normalized spacial score (nSPS) is 10.6. The molecule has 0 aromatic heterocycles. The van der Waals surface area contributed by atoms with Crippen LogP contribution in [0, 0.1) is 47.4 Å². The molecular formula is C71H65FN4O13. The maximum atomic E-state index is 13.4. The SMILES string of the molecule is COc1cc(/C=C/C(=O)Nc2ccccc2C(=O)O)cc(C)c1C.Cc1ccc(/C=C/C(=O)Nc2ccccc2C(=O)O)cc1.Cc1ccc(/C=C/C(=O)Nc2ccccc2C(=O)O)cc1C.Cc1ccc(/C=C/C(=O)Nc2ccccc2C(=O)O)cc1F. The summed E-state index contributed by atoms with van der Waals surface area (Å²) in [5.74, 6) is -5.59. The van der Waals surface area contributed by atoms with Crippen LogP contribution in [0.2, 0.25) is 0 Å². The molecule has 0 unspecified atom stereocenters. The quantitative estimate of drug-likeness (QED) is 0.0395. The zero-order valence-electron chi connectivity index (χ0n) is 49.6. The fraction of sp³-hybridized carbons (Fsp3) is 0.0986. The highest BCUT2D eigenvalue weighted by Gasteiger charge is 2.14. The van der Waals surface area contributed by atoms with E-state index in [9.17, 15) is 42.7 Å². The van der Waals surface area contributed by atoms with Crippen LogP contribution in [0.3, 0.4) is 0 Å². The van der Waals surface area contributed by atoms with E-state index >= 15 is 0 Å². The summed E-state index contributed by atoms with van der Waals surface area (Å²) in [6, 6.07) is 47.0. The van der Waals surface area contributed by atoms with Crippen LogP contribution >= 0.6 is 0 Å². The van der Waals surface area contributed by atoms with Gasteiger partial charge in [0.15, 0.2) is 0 Å². The maximum Gasteiger partial charge on any atom is 0.337 e. The van der Waals surface area contributed by atoms with E-state index in [0.29, 0.717) is 11.1 Å². The van der Waals surface area contributed by atoms with Crippen LogP contribution in [0.5, 0.6) is 5.75 Å². The summed E-state index contributed by atoms with van der Waals surface area (Å²) in [5, 5.41) is 46.5. The van der Waals surface area contributed by atoms with E-state index in [1.807, 2.05) is 89.2 Å². The Hall–Kier alpha value is -11.8. The van der Waals surface area contributed by atoms with Crippen molar-refractivity contribution in [1.82, 2.24) is 0 Å². The molecule has 0 aliphatic carbocycles. The van der Waals surface area contributed by atoms with Crippen molar-refractivity contribution >= 4 is 94.6 Å². The number of carbonyl (C=O) groups excluding carboxylic acids is 4. The van der Waals surface area contributed by atoms with Crippen molar-refractivity contribution in [2.45, 2.75) is 41.5 Å². The van der Waals surface area contributed by atoms with Crippen molar-refractivity contribution in [3.8, 4) is 5.75 Å². The molecule has 8 N–H and O–H groups in total. The van der Waals surface area contributed by atoms with Gasteiger partial charge in [-0.05, 0) is 177 Å². The molecule has 0 bridgehead atoms. The van der Waals surface area contributed by atoms with Gasteiger partial charge in [-0.15, -0.1) is 0 Å². The molecule has 8 aromatic carbocycles. The topological polar surface area (TPSA) is 275 Å². The Kier molecular flexibility index (Phi) is 25.7. The van der Waals surface area contributed by atoms with Crippen LogP contribution in [0.4, 0.5) is 27.1 Å². The molecule has 0 spiro atoms. The lowest BCUT2D eigenvalue weighted by atomic mass is 10.0. The second-order valence-corrected chi connectivity index (χ2v) is 19.6. The van der Waals surface area contributed by atoms with Gasteiger partial charge in [-0.1, -0.05) is 115 Å². The Labute approximate surface area is 513 Å². The van der Waals surface area contributed by atoms with Gasteiger partial charge in [0.25, 0.3) is 0 Å². The molecule has 8 rings (SSSR count). The van der Waals surface area contributed by atoms with Gasteiger partial charge in [0.2, 0.25) is 23.6 Å². The van der Waals surface area contributed by atoms with Gasteiger partial charge < -0.3 is 46.4 Å². The summed E-state index contributed by atoms with van der Waals surface area (Å²) in [6.45, 7) is 11.6. The largest absolute Gasteiger partial charge is 0.496 e. The molecule has 454 valence electrons. The van der Waals surface area contributed by atoms with E-state index in [1.165, 1.54) is 72.3 Å². The molecule has 0 atom stereocenters. The van der Waals surface area contributed by atoms with Crippen LogP contribution in [-0.4, -0.2) is 75.0 Å². The number of para-hydroxylation sites is 4. The number of carboxylic acids is 4. The predicted octanol–water partition coefficient (Wildman–Crippen LogP) is 14.1. The molecule has 17 nitrogen and oxygen atoms in total. The van der Waals surface area contributed by atoms with Crippen LogP contribution in [0.1, 0.15) is 97.1 Å². The monoisotopic (exact) mass is 1200 g/mol. The standard InChI is InChI=1S/C19H19NO4.C18H17NO3.C17H14FNO3.C17H15NO3/c1-12-10-14(11-17(24-3)13(12)2)8-9-18(21)20-16-7-5-4-6-15(16)19(22)23;1-12-7-8-14(11-13(12)2)9-10-17(20)19-16-6-4-3-5-15(16)18(21)22;1-11-6-7-12(10-14(11)18)8-9-16(20)19-15-5-3-2-4-13(15)17(21)22;1-12-6-8-13(9-7-12)10-11-16(19)18-15-5-3-2-4-14(15)17(20)21/h4-11H,1-3H3,(H,20,21)(H,22,23);3-11H,1-2H3,(H,19,20)(H,21,22);2-10H,1H3,(H,19,20)(H,21,22);2-11H,1H3,(H,18,19)(H,20,21)/b9-8+;10-9+;9-8+;11-10+. The molecule has 0 saturated carbocycles. The van der Waals surface area contributed by atoms with E-state index in [1.54, 1.807) is 111 Å². The second kappa shape index (κ2) is 33.6. The minimum Gasteiger partial charge on any atom is -0.496 e. The second-order valence-electron chi connectivity index (χ2n) is 19.6. The first kappa shape index (κ1) is 68.0. The molecule has 89 heavy (non-hydrogen) atoms. The van der Waals surface area contributed by atoms with Gasteiger partial charge in [0.1, 0.15) is 11.6 Å². The van der Waals surface area contributed by atoms with Crippen molar-refractivity contribution in [2.24, 2.45) is 0 Å². The molecule has 8 aromatic rings. The summed E-state index contributed by atoms with van der Waals surface area (Å²) < 4.78 is 18.7. The van der Waals surface area contributed by atoms with E-state index in [-0.39, 0.29) is 62.6 Å². The number of benzene rings is 8. The Morgan fingerprint density at radius 2 is 0.674 bits per heavy atom. The Morgan fingerprint density at radius 3 is 1.02 bits per heavy atom. The molecule has 0 aliphatic rings. The number of carbonyl (C=O) groups is 8. The molecule has 0 heterocycles. The zero-order chi connectivity index (χ0) is 65.2. The lowest BCUT2D eigenvalue weighted by Crippen LogP contribution is -2.11. The highest BCUT2D eigenvalue weighted by Crippen LogP contribution is 2.25. The Morgan fingerprint density at radius 1 is 0.360 bits per heavy atom. The van der Waals surface area contributed by atoms with Crippen LogP contribution < -0.4 is 26.0 Å². The number of rotatable bonds is 17. The molecule has 0 radical (unpaired) electrons. The first-order valence-electron chi connectivity index (χ1n) is 27.2. The number of aromatic carboxylic acids is 4. The molecular weight excluding hydrogens is 1140 g/mol. The number of halogens is 1. The number of nitrogens with one attached hydrogen (secondary N) is 4. The molecule has 0 fully saturated rings. The average Bonchev–Trinajstić information content (AvgIpc) is 3.56. The lowest BCUT2D eigenvalue weighted by Gasteiger charge is -2.09. The number of methoxy groups -OCH3 is 1. The highest BCUT2D eigenvalue weighted by molar-refractivity contribution is 6.09. The minimum absolute atomic E-state index is 0.00521. The van der Waals surface area contributed by atoms with Gasteiger partial charge in [0.05, 0.1) is 52.1 Å². The number of aryl methyl sites for hydroxylation is 5. The number of hydrogen-bond donors (Lipinski definition) is 8. The van der Waals surface area contributed by atoms with Crippen LogP contribution in [-0.2, 0) is 19.2 Å². The third kappa shape index (κ3) is 22.0. The van der Waals surface area contributed by atoms with Gasteiger partial charge in [0, 0.05) is 24.3 Å². The summed E-state index contributed by atoms with van der Waals surface area (Å²) in [4.78, 5) is 91.9. The third-order valence-electron chi connectivity index (χ3n) is 13.0. The zero-order valence-corrected chi connectivity index (χ0v) is 49.6. The number of ether oxygens (including phenoxy) is 1. The van der Waals surface area contributed by atoms with Crippen LogP contribution in [0.25, 0.3) is 24.3 Å². The van der Waals surface area contributed by atoms with Crippen molar-refractivity contribution in [1.29, 1.82) is 0 Å². The average molecular weight is 1200 g/mol. The number of anilines is 4. The van der Waals surface area contributed by atoms with Crippen LogP contribution in [0.15, 0.2) is 194 Å². The first-order chi connectivity index (χ1) is 42.4. The molecule has 18 heteroatoms. The fourth-order valence-corrected chi connectivity index (χ4v) is 7.92. The molecule has 0 aliphatic heterocycles. The van der Waals surface area contributed by atoms with Crippen molar-refractivity contribution in [3.63, 3.8) is 0 Å². The predicted molar refractivity (Wildman–Crippen MR) is 345 cm³/mol. The van der Waals surface area contributed by atoms with Crippen molar-refractivity contribution < 1.29 is 67.9 Å². The number of amides is 4. The molecule has 0 saturated heterocycles.